The van der Waals surface area contributed by atoms with Crippen LogP contribution in [0.5, 0.6) is 0 Å². The summed E-state index contributed by atoms with van der Waals surface area (Å²) >= 11 is 0. The van der Waals surface area contributed by atoms with E-state index in [1.807, 2.05) is 0 Å². The van der Waals surface area contributed by atoms with Crippen molar-refractivity contribution < 1.29 is 30.0 Å². The zero-order valence-electron chi connectivity index (χ0n) is 16.1. The molecule has 2 rings (SSSR count). The maximum atomic E-state index is 9.60. The van der Waals surface area contributed by atoms with Crippen molar-refractivity contribution >= 4 is 11.9 Å². The van der Waals surface area contributed by atoms with Gasteiger partial charge < -0.3 is 20.4 Å². The molecule has 0 aromatic heterocycles. The van der Waals surface area contributed by atoms with E-state index in [4.69, 9.17) is 10.2 Å². The fourth-order valence-corrected chi connectivity index (χ4v) is 3.85. The van der Waals surface area contributed by atoms with Crippen molar-refractivity contribution in [1.29, 1.82) is 0 Å². The molecule has 0 radical (unpaired) electrons. The first kappa shape index (κ1) is 24.3. The molecule has 0 saturated heterocycles. The maximum absolute atomic E-state index is 9.60. The molecule has 0 aliphatic heterocycles. The van der Waals surface area contributed by atoms with Gasteiger partial charge in [-0.05, 0) is 44.9 Å². The molecule has 0 bridgehead atoms. The van der Waals surface area contributed by atoms with Gasteiger partial charge in [-0.1, -0.05) is 38.8 Å². The second-order valence-corrected chi connectivity index (χ2v) is 7.46. The van der Waals surface area contributed by atoms with Crippen molar-refractivity contribution in [2.75, 3.05) is 13.2 Å². The molecule has 2 saturated carbocycles. The molecule has 6 heteroatoms. The zero-order chi connectivity index (χ0) is 20.4. The molecular weight excluding hydrogens is 336 g/mol. The zero-order valence-corrected chi connectivity index (χ0v) is 16.1. The SMILES string of the molecule is C=C(C)C(=O)O.C=C(C)C(=O)O.OCC1(CO)CCCC12CCCCC2. The van der Waals surface area contributed by atoms with Crippen LogP contribution < -0.4 is 0 Å². The highest BCUT2D eigenvalue weighted by Crippen LogP contribution is 2.59. The Labute approximate surface area is 156 Å². The Hall–Kier alpha value is -1.66. The van der Waals surface area contributed by atoms with Crippen LogP contribution in [0.4, 0.5) is 0 Å². The molecule has 1 spiro atoms. The number of hydrogen-bond donors (Lipinski definition) is 4. The van der Waals surface area contributed by atoms with E-state index in [9.17, 15) is 19.8 Å². The lowest BCUT2D eigenvalue weighted by Gasteiger charge is -2.47. The lowest BCUT2D eigenvalue weighted by molar-refractivity contribution is -0.133. The van der Waals surface area contributed by atoms with Crippen molar-refractivity contribution in [3.8, 4) is 0 Å². The van der Waals surface area contributed by atoms with E-state index in [2.05, 4.69) is 13.2 Å². The Bertz CT molecular complexity index is 450. The number of carbonyl (C=O) groups is 2. The maximum Gasteiger partial charge on any atom is 0.330 e. The normalized spacial score (nSPS) is 19.4. The highest BCUT2D eigenvalue weighted by atomic mass is 16.4. The molecule has 0 aromatic rings. The lowest BCUT2D eigenvalue weighted by Crippen LogP contribution is -2.44. The Morgan fingerprint density at radius 3 is 1.42 bits per heavy atom. The van der Waals surface area contributed by atoms with Crippen LogP contribution in [0.2, 0.25) is 0 Å². The van der Waals surface area contributed by atoms with Crippen LogP contribution >= 0.6 is 0 Å². The van der Waals surface area contributed by atoms with Gasteiger partial charge in [0.25, 0.3) is 0 Å². The van der Waals surface area contributed by atoms with Gasteiger partial charge in [0.2, 0.25) is 0 Å². The summed E-state index contributed by atoms with van der Waals surface area (Å²) in [5.41, 5.74) is 0.493. The Kier molecular flexibility index (Phi) is 10.4. The third kappa shape index (κ3) is 6.57. The van der Waals surface area contributed by atoms with Gasteiger partial charge in [0.15, 0.2) is 0 Å². The molecule has 26 heavy (non-hydrogen) atoms. The third-order valence-corrected chi connectivity index (χ3v) is 5.58. The minimum atomic E-state index is -0.935. The molecule has 2 fully saturated rings. The number of carboxylic acid groups (broad SMARTS) is 2. The summed E-state index contributed by atoms with van der Waals surface area (Å²) in [6, 6.07) is 0. The van der Waals surface area contributed by atoms with E-state index < -0.39 is 11.9 Å². The van der Waals surface area contributed by atoms with Gasteiger partial charge in [-0.25, -0.2) is 9.59 Å². The fraction of sp³-hybridized carbons (Fsp3) is 0.700. The van der Waals surface area contributed by atoms with Gasteiger partial charge in [-0.2, -0.15) is 0 Å². The predicted molar refractivity (Wildman–Crippen MR) is 101 cm³/mol. The third-order valence-electron chi connectivity index (χ3n) is 5.58. The first-order chi connectivity index (χ1) is 12.1. The summed E-state index contributed by atoms with van der Waals surface area (Å²) in [5, 5.41) is 34.9. The highest BCUT2D eigenvalue weighted by molar-refractivity contribution is 5.85. The van der Waals surface area contributed by atoms with Crippen LogP contribution in [-0.4, -0.2) is 45.6 Å². The number of hydrogen-bond acceptors (Lipinski definition) is 4. The van der Waals surface area contributed by atoms with Crippen molar-refractivity contribution in [1.82, 2.24) is 0 Å². The topological polar surface area (TPSA) is 115 Å². The van der Waals surface area contributed by atoms with Gasteiger partial charge in [0.1, 0.15) is 0 Å². The molecule has 0 atom stereocenters. The van der Waals surface area contributed by atoms with Crippen LogP contribution in [0.25, 0.3) is 0 Å². The Balaban J connectivity index is 0.000000437. The summed E-state index contributed by atoms with van der Waals surface area (Å²) in [5.74, 6) is -1.87. The van der Waals surface area contributed by atoms with Gasteiger partial charge in [0, 0.05) is 16.6 Å². The van der Waals surface area contributed by atoms with Crippen LogP contribution in [0.3, 0.4) is 0 Å². The van der Waals surface area contributed by atoms with Gasteiger partial charge in [0.05, 0.1) is 13.2 Å². The molecule has 150 valence electrons. The van der Waals surface area contributed by atoms with E-state index >= 15 is 0 Å². The minimum absolute atomic E-state index is 0.145. The van der Waals surface area contributed by atoms with Gasteiger partial charge in [-0.3, -0.25) is 0 Å². The van der Waals surface area contributed by atoms with Crippen LogP contribution in [0, 0.1) is 10.8 Å². The number of rotatable bonds is 4. The van der Waals surface area contributed by atoms with Crippen molar-refractivity contribution in [2.24, 2.45) is 10.8 Å². The summed E-state index contributed by atoms with van der Waals surface area (Å²) in [4.78, 5) is 19.2. The fourth-order valence-electron chi connectivity index (χ4n) is 3.85. The summed E-state index contributed by atoms with van der Waals surface area (Å²) in [6.07, 6.45) is 9.84. The van der Waals surface area contributed by atoms with Crippen LogP contribution in [-0.2, 0) is 9.59 Å². The highest BCUT2D eigenvalue weighted by Gasteiger charge is 2.53. The summed E-state index contributed by atoms with van der Waals surface area (Å²) < 4.78 is 0. The largest absolute Gasteiger partial charge is 0.478 e. The second kappa shape index (κ2) is 11.1. The minimum Gasteiger partial charge on any atom is -0.478 e. The lowest BCUT2D eigenvalue weighted by atomic mass is 9.59. The number of aliphatic hydroxyl groups excluding tert-OH is 2. The van der Waals surface area contributed by atoms with E-state index in [1.165, 1.54) is 58.8 Å². The molecular formula is C20H34O6. The summed E-state index contributed by atoms with van der Waals surface area (Å²) in [6.45, 7) is 9.57. The molecule has 2 aliphatic carbocycles. The van der Waals surface area contributed by atoms with Gasteiger partial charge in [-0.15, -0.1) is 0 Å². The van der Waals surface area contributed by atoms with E-state index in [1.54, 1.807) is 0 Å². The molecule has 0 unspecified atom stereocenters. The molecule has 0 heterocycles. The first-order valence-electron chi connectivity index (χ1n) is 9.07. The summed E-state index contributed by atoms with van der Waals surface area (Å²) in [7, 11) is 0. The molecule has 0 aromatic carbocycles. The van der Waals surface area contributed by atoms with Crippen molar-refractivity contribution in [3.05, 3.63) is 24.3 Å². The van der Waals surface area contributed by atoms with Crippen molar-refractivity contribution in [2.45, 2.75) is 65.2 Å². The average Bonchev–Trinajstić information content (AvgIpc) is 2.94. The molecule has 6 nitrogen and oxygen atoms in total. The quantitative estimate of drug-likeness (QED) is 0.564. The molecule has 2 aliphatic rings. The first-order valence-corrected chi connectivity index (χ1v) is 9.07. The number of aliphatic carboxylic acids is 2. The monoisotopic (exact) mass is 370 g/mol. The standard InChI is InChI=1S/C12H22O2.2C4H6O2/c13-9-12(10-14)8-4-7-11(12)5-2-1-3-6-11;2*1-3(2)4(5)6/h13-14H,1-10H2;2*1H2,2H3,(H,5,6). The van der Waals surface area contributed by atoms with Gasteiger partial charge >= 0.3 is 11.9 Å². The molecule has 0 amide bonds. The van der Waals surface area contributed by atoms with E-state index in [0.717, 1.165) is 6.42 Å². The number of aliphatic hydroxyl groups is 2. The molecule has 4 N–H and O–H groups in total. The number of carboxylic acids is 2. The van der Waals surface area contributed by atoms with Crippen molar-refractivity contribution in [3.63, 3.8) is 0 Å². The Morgan fingerprint density at radius 1 is 0.769 bits per heavy atom. The predicted octanol–water partition coefficient (Wildman–Crippen LogP) is 3.39. The Morgan fingerprint density at radius 2 is 1.12 bits per heavy atom. The van der Waals surface area contributed by atoms with Crippen LogP contribution in [0.15, 0.2) is 24.3 Å². The average molecular weight is 370 g/mol. The smallest absolute Gasteiger partial charge is 0.330 e. The van der Waals surface area contributed by atoms with E-state index in [0.29, 0.717) is 0 Å². The van der Waals surface area contributed by atoms with E-state index in [-0.39, 0.29) is 35.2 Å². The van der Waals surface area contributed by atoms with Crippen LogP contribution in [0.1, 0.15) is 65.2 Å². The second-order valence-electron chi connectivity index (χ2n) is 7.46.